The summed E-state index contributed by atoms with van der Waals surface area (Å²) in [4.78, 5) is 22.5. The smallest absolute Gasteiger partial charge is 0.410 e. The van der Waals surface area contributed by atoms with Crippen LogP contribution in [0.1, 0.15) is 45.6 Å². The average Bonchev–Trinajstić information content (AvgIpc) is 3.28. The van der Waals surface area contributed by atoms with Gasteiger partial charge in [0.25, 0.3) is 0 Å². The summed E-state index contributed by atoms with van der Waals surface area (Å²) in [6.45, 7) is 7.99. The van der Waals surface area contributed by atoms with Gasteiger partial charge < -0.3 is 14.5 Å². The minimum absolute atomic E-state index is 0.212. The Morgan fingerprint density at radius 2 is 1.97 bits per heavy atom. The van der Waals surface area contributed by atoms with Crippen LogP contribution in [0.3, 0.4) is 0 Å². The Morgan fingerprint density at radius 3 is 2.62 bits per heavy atom. The standard InChI is InChI=1S/C21H27F2N3O3/c1-20(2,3)28-19(27)25-11-8-21(26-9-4-5-10-26)16(13-25)18(24-29-21)15-7-6-14(22)12-17(15)23/h6-7,12,16H,4-5,8-11,13H2,1-3H3. The zero-order chi connectivity index (χ0) is 20.8. The first-order valence-electron chi connectivity index (χ1n) is 10.1. The molecule has 2 saturated heterocycles. The quantitative estimate of drug-likeness (QED) is 0.749. The lowest BCUT2D eigenvalue weighted by molar-refractivity contribution is -0.175. The maximum Gasteiger partial charge on any atom is 0.410 e. The lowest BCUT2D eigenvalue weighted by Gasteiger charge is -2.46. The number of benzene rings is 1. The maximum absolute atomic E-state index is 14.5. The zero-order valence-electron chi connectivity index (χ0n) is 17.1. The molecular formula is C21H27F2N3O3. The van der Waals surface area contributed by atoms with Crippen LogP contribution >= 0.6 is 0 Å². The Balaban J connectivity index is 1.65. The van der Waals surface area contributed by atoms with Crippen LogP contribution in [-0.4, -0.2) is 59.1 Å². The van der Waals surface area contributed by atoms with Crippen LogP contribution in [-0.2, 0) is 9.57 Å². The van der Waals surface area contributed by atoms with Crippen LogP contribution in [0.5, 0.6) is 0 Å². The van der Waals surface area contributed by atoms with Gasteiger partial charge in [0, 0.05) is 44.2 Å². The molecule has 158 valence electrons. The third-order valence-electron chi connectivity index (χ3n) is 5.82. The van der Waals surface area contributed by atoms with Crippen LogP contribution in [0.25, 0.3) is 0 Å². The first-order valence-corrected chi connectivity index (χ1v) is 10.1. The molecule has 3 heterocycles. The zero-order valence-corrected chi connectivity index (χ0v) is 17.1. The number of carbonyl (C=O) groups is 1. The molecule has 0 saturated carbocycles. The van der Waals surface area contributed by atoms with E-state index in [-0.39, 0.29) is 11.5 Å². The number of rotatable bonds is 2. The largest absolute Gasteiger partial charge is 0.444 e. The summed E-state index contributed by atoms with van der Waals surface area (Å²) in [6, 6.07) is 3.45. The molecule has 6 nitrogen and oxygen atoms in total. The van der Waals surface area contributed by atoms with Crippen molar-refractivity contribution in [1.82, 2.24) is 9.80 Å². The minimum atomic E-state index is -0.703. The lowest BCUT2D eigenvalue weighted by atomic mass is 9.81. The Kier molecular flexibility index (Phi) is 5.01. The Hall–Kier alpha value is -2.22. The highest BCUT2D eigenvalue weighted by molar-refractivity contribution is 6.04. The number of nitrogens with zero attached hydrogens (tertiary/aromatic N) is 3. The van der Waals surface area contributed by atoms with Crippen molar-refractivity contribution in [2.45, 2.75) is 51.4 Å². The molecule has 0 spiro atoms. The van der Waals surface area contributed by atoms with Gasteiger partial charge in [0.1, 0.15) is 22.9 Å². The third-order valence-corrected chi connectivity index (χ3v) is 5.82. The molecule has 0 N–H and O–H groups in total. The van der Waals surface area contributed by atoms with E-state index >= 15 is 0 Å². The Labute approximate surface area is 169 Å². The number of likely N-dealkylation sites (tertiary alicyclic amines) is 2. The molecule has 0 bridgehead atoms. The number of fused-ring (bicyclic) bond motifs is 1. The van der Waals surface area contributed by atoms with Gasteiger partial charge in [-0.25, -0.2) is 13.6 Å². The molecule has 1 aromatic carbocycles. The number of carbonyl (C=O) groups excluding carboxylic acids is 1. The first kappa shape index (κ1) is 20.1. The average molecular weight is 407 g/mol. The van der Waals surface area contributed by atoms with Crippen molar-refractivity contribution >= 4 is 11.8 Å². The van der Waals surface area contributed by atoms with E-state index < -0.39 is 29.1 Å². The highest BCUT2D eigenvalue weighted by Gasteiger charge is 2.57. The molecule has 3 aliphatic rings. The van der Waals surface area contributed by atoms with E-state index in [0.29, 0.717) is 25.2 Å². The molecule has 2 atom stereocenters. The van der Waals surface area contributed by atoms with Gasteiger partial charge in [-0.2, -0.15) is 0 Å². The van der Waals surface area contributed by atoms with Gasteiger partial charge in [0.2, 0.25) is 5.72 Å². The third kappa shape index (κ3) is 3.70. The maximum atomic E-state index is 14.5. The molecule has 29 heavy (non-hydrogen) atoms. The second-order valence-corrected chi connectivity index (χ2v) is 8.96. The van der Waals surface area contributed by atoms with Crippen molar-refractivity contribution in [1.29, 1.82) is 0 Å². The second-order valence-electron chi connectivity index (χ2n) is 8.96. The predicted molar refractivity (Wildman–Crippen MR) is 103 cm³/mol. The molecule has 0 aromatic heterocycles. The van der Waals surface area contributed by atoms with Gasteiger partial charge >= 0.3 is 6.09 Å². The van der Waals surface area contributed by atoms with Gasteiger partial charge in [-0.15, -0.1) is 0 Å². The normalized spacial score (nSPS) is 27.4. The highest BCUT2D eigenvalue weighted by Crippen LogP contribution is 2.44. The SMILES string of the molecule is CC(C)(C)OC(=O)N1CCC2(N3CCCC3)ON=C(c3ccc(F)cc3F)C2C1. The summed E-state index contributed by atoms with van der Waals surface area (Å²) in [5.74, 6) is -1.67. The first-order chi connectivity index (χ1) is 13.7. The molecular weight excluding hydrogens is 380 g/mol. The van der Waals surface area contributed by atoms with Crippen LogP contribution in [0.2, 0.25) is 0 Å². The van der Waals surface area contributed by atoms with E-state index in [0.717, 1.165) is 32.0 Å². The van der Waals surface area contributed by atoms with Crippen LogP contribution in [0, 0.1) is 17.6 Å². The number of piperidine rings is 1. The molecule has 3 aliphatic heterocycles. The fourth-order valence-corrected chi connectivity index (χ4v) is 4.48. The van der Waals surface area contributed by atoms with Gasteiger partial charge in [-0.3, -0.25) is 4.90 Å². The highest BCUT2D eigenvalue weighted by atomic mass is 19.1. The van der Waals surface area contributed by atoms with Crippen molar-refractivity contribution in [2.75, 3.05) is 26.2 Å². The molecule has 1 aromatic rings. The summed E-state index contributed by atoms with van der Waals surface area (Å²) >= 11 is 0. The summed E-state index contributed by atoms with van der Waals surface area (Å²) in [5, 5.41) is 4.26. The van der Waals surface area contributed by atoms with E-state index in [2.05, 4.69) is 10.1 Å². The van der Waals surface area contributed by atoms with Crippen molar-refractivity contribution < 1.29 is 23.1 Å². The molecule has 8 heteroatoms. The molecule has 1 amide bonds. The Bertz CT molecular complexity index is 833. The number of halogens is 2. The summed E-state index contributed by atoms with van der Waals surface area (Å²) in [7, 11) is 0. The molecule has 0 radical (unpaired) electrons. The number of oxime groups is 1. The number of hydrogen-bond donors (Lipinski definition) is 0. The Morgan fingerprint density at radius 1 is 1.24 bits per heavy atom. The predicted octanol–water partition coefficient (Wildman–Crippen LogP) is 3.75. The van der Waals surface area contributed by atoms with Crippen molar-refractivity contribution in [3.05, 3.63) is 35.4 Å². The van der Waals surface area contributed by atoms with E-state index in [4.69, 9.17) is 9.57 Å². The molecule has 2 unspecified atom stereocenters. The van der Waals surface area contributed by atoms with Crippen molar-refractivity contribution in [3.63, 3.8) is 0 Å². The topological polar surface area (TPSA) is 54.4 Å². The van der Waals surface area contributed by atoms with Crippen molar-refractivity contribution in [2.24, 2.45) is 11.1 Å². The van der Waals surface area contributed by atoms with Gasteiger partial charge in [0.15, 0.2) is 0 Å². The lowest BCUT2D eigenvalue weighted by Crippen LogP contribution is -2.62. The van der Waals surface area contributed by atoms with Crippen LogP contribution in [0.15, 0.2) is 23.4 Å². The second kappa shape index (κ2) is 7.23. The molecule has 4 rings (SSSR count). The number of ether oxygens (including phenoxy) is 1. The van der Waals surface area contributed by atoms with Gasteiger partial charge in [-0.1, -0.05) is 5.16 Å². The molecule has 0 aliphatic carbocycles. The van der Waals surface area contributed by atoms with Crippen LogP contribution in [0.4, 0.5) is 13.6 Å². The number of amides is 1. The monoisotopic (exact) mass is 407 g/mol. The van der Waals surface area contributed by atoms with E-state index in [1.807, 2.05) is 20.8 Å². The molecule has 2 fully saturated rings. The van der Waals surface area contributed by atoms with Crippen LogP contribution < -0.4 is 0 Å². The summed E-state index contributed by atoms with van der Waals surface area (Å²) < 4.78 is 33.5. The minimum Gasteiger partial charge on any atom is -0.444 e. The fourth-order valence-electron chi connectivity index (χ4n) is 4.48. The summed E-state index contributed by atoms with van der Waals surface area (Å²) in [6.07, 6.45) is 2.27. The van der Waals surface area contributed by atoms with E-state index in [9.17, 15) is 13.6 Å². The fraction of sp³-hybridized carbons (Fsp3) is 0.619. The van der Waals surface area contributed by atoms with Gasteiger partial charge in [0.05, 0.1) is 5.92 Å². The van der Waals surface area contributed by atoms with E-state index in [1.54, 1.807) is 4.90 Å². The number of hydrogen-bond acceptors (Lipinski definition) is 5. The van der Waals surface area contributed by atoms with Gasteiger partial charge in [-0.05, 0) is 45.7 Å². The van der Waals surface area contributed by atoms with E-state index in [1.165, 1.54) is 12.1 Å². The van der Waals surface area contributed by atoms with Crippen molar-refractivity contribution in [3.8, 4) is 0 Å². The summed E-state index contributed by atoms with van der Waals surface area (Å²) in [5.41, 5.74) is -0.677.